The molecule has 2 aromatic heterocycles. The minimum absolute atomic E-state index is 0.0353. The monoisotopic (exact) mass is 374 g/mol. The van der Waals surface area contributed by atoms with Crippen LogP contribution in [0.15, 0.2) is 16.5 Å². The minimum Gasteiger partial charge on any atom is -0.480 e. The van der Waals surface area contributed by atoms with E-state index in [0.717, 1.165) is 31.4 Å². The van der Waals surface area contributed by atoms with Crippen molar-refractivity contribution in [1.29, 1.82) is 0 Å². The lowest BCUT2D eigenvalue weighted by atomic mass is 9.85. The summed E-state index contributed by atoms with van der Waals surface area (Å²) in [4.78, 5) is 31.7. The average Bonchev–Trinajstić information content (AvgIpc) is 3.30. The van der Waals surface area contributed by atoms with Gasteiger partial charge < -0.3 is 14.4 Å². The molecule has 0 aromatic carbocycles. The van der Waals surface area contributed by atoms with E-state index in [2.05, 4.69) is 4.98 Å². The van der Waals surface area contributed by atoms with Crippen LogP contribution in [0, 0.1) is 19.8 Å². The third-order valence-electron chi connectivity index (χ3n) is 5.55. The van der Waals surface area contributed by atoms with Gasteiger partial charge in [0.05, 0.1) is 5.69 Å². The number of carboxylic acids is 1. The molecule has 1 saturated carbocycles. The molecular weight excluding hydrogens is 352 g/mol. The molecule has 2 fully saturated rings. The number of aliphatic carboxylic acids is 1. The Morgan fingerprint density at radius 1 is 1.27 bits per heavy atom. The second-order valence-electron chi connectivity index (χ2n) is 7.26. The zero-order valence-corrected chi connectivity index (χ0v) is 15.7. The Labute approximate surface area is 155 Å². The van der Waals surface area contributed by atoms with Crippen LogP contribution in [0.2, 0.25) is 0 Å². The van der Waals surface area contributed by atoms with Gasteiger partial charge in [0.2, 0.25) is 0 Å². The van der Waals surface area contributed by atoms with Crippen molar-refractivity contribution in [2.24, 2.45) is 5.92 Å². The number of rotatable bonds is 3. The summed E-state index contributed by atoms with van der Waals surface area (Å²) in [6.45, 7) is 3.66. The van der Waals surface area contributed by atoms with Gasteiger partial charge in [-0.2, -0.15) is 0 Å². The summed E-state index contributed by atoms with van der Waals surface area (Å²) in [5.41, 5.74) is 0.632. The van der Waals surface area contributed by atoms with Gasteiger partial charge in [0.1, 0.15) is 16.7 Å². The fraction of sp³-hybridized carbons (Fsp3) is 0.526. The van der Waals surface area contributed by atoms with Crippen molar-refractivity contribution in [2.45, 2.75) is 58.0 Å². The van der Waals surface area contributed by atoms with Crippen molar-refractivity contribution in [3.05, 3.63) is 28.5 Å². The summed E-state index contributed by atoms with van der Waals surface area (Å²) < 4.78 is 5.62. The van der Waals surface area contributed by atoms with Crippen LogP contribution in [0.25, 0.3) is 10.8 Å². The van der Waals surface area contributed by atoms with Gasteiger partial charge in [-0.05, 0) is 51.2 Å². The number of hydrogen-bond acceptors (Lipinski definition) is 5. The van der Waals surface area contributed by atoms with Gasteiger partial charge in [-0.1, -0.05) is 12.8 Å². The van der Waals surface area contributed by atoms with Crippen molar-refractivity contribution in [3.63, 3.8) is 0 Å². The Kier molecular flexibility index (Phi) is 4.34. The molecule has 1 aliphatic carbocycles. The molecule has 0 spiro atoms. The van der Waals surface area contributed by atoms with Crippen LogP contribution in [0.4, 0.5) is 0 Å². The molecule has 0 radical (unpaired) electrons. The summed E-state index contributed by atoms with van der Waals surface area (Å²) in [7, 11) is 0. The van der Waals surface area contributed by atoms with Crippen molar-refractivity contribution in [1.82, 2.24) is 9.88 Å². The van der Waals surface area contributed by atoms with Crippen LogP contribution in [0.5, 0.6) is 0 Å². The van der Waals surface area contributed by atoms with E-state index in [-0.39, 0.29) is 11.9 Å². The van der Waals surface area contributed by atoms with Crippen LogP contribution < -0.4 is 0 Å². The number of carbonyl (C=O) groups is 2. The van der Waals surface area contributed by atoms with E-state index in [1.54, 1.807) is 11.8 Å². The van der Waals surface area contributed by atoms with Gasteiger partial charge in [0.15, 0.2) is 10.8 Å². The van der Waals surface area contributed by atoms with Gasteiger partial charge >= 0.3 is 5.97 Å². The first-order chi connectivity index (χ1) is 12.5. The third-order valence-corrected chi connectivity index (χ3v) is 6.71. The second kappa shape index (κ2) is 6.54. The van der Waals surface area contributed by atoms with E-state index in [4.69, 9.17) is 4.42 Å². The number of aromatic nitrogens is 1. The number of furan rings is 1. The van der Waals surface area contributed by atoms with Crippen LogP contribution in [0.1, 0.15) is 53.2 Å². The summed E-state index contributed by atoms with van der Waals surface area (Å²) in [5.74, 6) is 0.625. The topological polar surface area (TPSA) is 83.6 Å². The van der Waals surface area contributed by atoms with Crippen molar-refractivity contribution >= 4 is 23.2 Å². The first-order valence-electron chi connectivity index (χ1n) is 9.05. The van der Waals surface area contributed by atoms with E-state index in [9.17, 15) is 14.7 Å². The molecule has 1 N–H and O–H groups in total. The highest BCUT2D eigenvalue weighted by Gasteiger charge is 2.48. The molecule has 3 atom stereocenters. The van der Waals surface area contributed by atoms with Gasteiger partial charge in [-0.25, -0.2) is 9.78 Å². The number of thiazole rings is 1. The summed E-state index contributed by atoms with van der Waals surface area (Å²) in [6, 6.07) is 3.01. The Hall–Kier alpha value is -2.15. The van der Waals surface area contributed by atoms with Crippen LogP contribution in [-0.2, 0) is 4.79 Å². The number of aryl methyl sites for hydroxylation is 2. The molecule has 3 heterocycles. The highest BCUT2D eigenvalue weighted by molar-refractivity contribution is 7.17. The highest BCUT2D eigenvalue weighted by Crippen LogP contribution is 2.41. The molecule has 138 valence electrons. The molecule has 3 unspecified atom stereocenters. The fourth-order valence-electron chi connectivity index (χ4n) is 4.34. The van der Waals surface area contributed by atoms with Crippen LogP contribution in [-0.4, -0.2) is 39.0 Å². The Morgan fingerprint density at radius 3 is 2.73 bits per heavy atom. The van der Waals surface area contributed by atoms with Crippen LogP contribution >= 0.6 is 11.3 Å². The maximum absolute atomic E-state index is 13.3. The van der Waals surface area contributed by atoms with E-state index in [1.807, 2.05) is 19.1 Å². The smallest absolute Gasteiger partial charge is 0.326 e. The molecule has 0 bridgehead atoms. The Bertz CT molecular complexity index is 856. The van der Waals surface area contributed by atoms with E-state index >= 15 is 0 Å². The largest absolute Gasteiger partial charge is 0.480 e. The first kappa shape index (κ1) is 17.3. The predicted molar refractivity (Wildman–Crippen MR) is 97.2 cm³/mol. The summed E-state index contributed by atoms with van der Waals surface area (Å²) >= 11 is 1.29. The third kappa shape index (κ3) is 2.84. The zero-order valence-electron chi connectivity index (χ0n) is 14.9. The lowest BCUT2D eigenvalue weighted by Gasteiger charge is -2.32. The maximum Gasteiger partial charge on any atom is 0.326 e. The van der Waals surface area contributed by atoms with Gasteiger partial charge in [0, 0.05) is 6.04 Å². The fourth-order valence-corrected chi connectivity index (χ4v) is 5.31. The molecule has 26 heavy (non-hydrogen) atoms. The van der Waals surface area contributed by atoms with Crippen molar-refractivity contribution in [2.75, 3.05) is 0 Å². The zero-order chi connectivity index (χ0) is 18.4. The number of carboxylic acid groups (broad SMARTS) is 1. The molecule has 1 saturated heterocycles. The number of amides is 1. The van der Waals surface area contributed by atoms with Crippen molar-refractivity contribution < 1.29 is 19.1 Å². The van der Waals surface area contributed by atoms with Gasteiger partial charge in [0.25, 0.3) is 5.91 Å². The Morgan fingerprint density at radius 2 is 2.04 bits per heavy atom. The summed E-state index contributed by atoms with van der Waals surface area (Å²) in [6.07, 6.45) is 4.64. The Balaban J connectivity index is 1.67. The first-order valence-corrected chi connectivity index (χ1v) is 9.87. The number of nitrogens with zero attached hydrogens (tertiary/aromatic N) is 2. The average molecular weight is 374 g/mol. The van der Waals surface area contributed by atoms with Crippen LogP contribution in [0.3, 0.4) is 0 Å². The second-order valence-corrected chi connectivity index (χ2v) is 8.26. The molecule has 4 rings (SSSR count). The normalized spacial score (nSPS) is 25.3. The summed E-state index contributed by atoms with van der Waals surface area (Å²) in [5, 5.41) is 10.3. The highest BCUT2D eigenvalue weighted by atomic mass is 32.1. The molecule has 1 aliphatic heterocycles. The molecule has 2 aliphatic rings. The van der Waals surface area contributed by atoms with Gasteiger partial charge in [-0.15, -0.1) is 11.3 Å². The predicted octanol–water partition coefficient (Wildman–Crippen LogP) is 3.88. The lowest BCUT2D eigenvalue weighted by Crippen LogP contribution is -2.46. The van der Waals surface area contributed by atoms with E-state index in [1.165, 1.54) is 11.3 Å². The minimum atomic E-state index is -0.906. The molecule has 6 nitrogen and oxygen atoms in total. The van der Waals surface area contributed by atoms with Gasteiger partial charge in [-0.3, -0.25) is 4.79 Å². The lowest BCUT2D eigenvalue weighted by molar-refractivity contribution is -0.141. The molecule has 2 aromatic rings. The SMILES string of the molecule is Cc1ccc(-c2nc(C)c(C(=O)N3C(C(=O)O)CC4CCCCC43)s2)o1. The quantitative estimate of drug-likeness (QED) is 0.881. The van der Waals surface area contributed by atoms with E-state index < -0.39 is 12.0 Å². The number of carbonyl (C=O) groups excluding carboxylic acids is 1. The number of fused-ring (bicyclic) bond motifs is 1. The maximum atomic E-state index is 13.3. The van der Waals surface area contributed by atoms with E-state index in [0.29, 0.717) is 33.7 Å². The molecule has 7 heteroatoms. The molecule has 1 amide bonds. The standard InChI is InChI=1S/C19H22N2O4S/c1-10-7-8-15(25-10)17-20-11(2)16(26-17)18(22)21-13-6-4-3-5-12(13)9-14(21)19(23)24/h7-8,12-14H,3-6,9H2,1-2H3,(H,23,24). The molecular formula is C19H22N2O4S. The van der Waals surface area contributed by atoms with Crippen molar-refractivity contribution in [3.8, 4) is 10.8 Å². The number of hydrogen-bond donors (Lipinski definition) is 1. The number of likely N-dealkylation sites (tertiary alicyclic amines) is 1.